The standard InChI is InChI=1S/C14H15F2NO3/c1-2-17(7-13(18)19)14(20)11-6-9(11)10-5-8(15)3-4-12(10)16/h3-5,9,11H,2,6-7H2,1H3,(H,18,19). The van der Waals surface area contributed by atoms with Crippen molar-refractivity contribution < 1.29 is 23.5 Å². The van der Waals surface area contributed by atoms with Gasteiger partial charge in [0, 0.05) is 12.5 Å². The Labute approximate surface area is 115 Å². The van der Waals surface area contributed by atoms with Crippen LogP contribution in [0, 0.1) is 17.6 Å². The molecule has 0 aliphatic heterocycles. The number of amides is 1. The van der Waals surface area contributed by atoms with Gasteiger partial charge in [0.1, 0.15) is 18.2 Å². The lowest BCUT2D eigenvalue weighted by Crippen LogP contribution is -2.36. The number of carboxylic acid groups (broad SMARTS) is 1. The zero-order valence-electron chi connectivity index (χ0n) is 11.0. The summed E-state index contributed by atoms with van der Waals surface area (Å²) in [6.07, 6.45) is 0.426. The van der Waals surface area contributed by atoms with Gasteiger partial charge in [-0.25, -0.2) is 8.78 Å². The Morgan fingerprint density at radius 1 is 1.40 bits per heavy atom. The molecule has 0 aromatic heterocycles. The van der Waals surface area contributed by atoms with Crippen LogP contribution in [0.3, 0.4) is 0 Å². The Morgan fingerprint density at radius 2 is 2.10 bits per heavy atom. The van der Waals surface area contributed by atoms with Gasteiger partial charge in [0.15, 0.2) is 0 Å². The summed E-state index contributed by atoms with van der Waals surface area (Å²) in [5, 5.41) is 8.73. The fourth-order valence-electron chi connectivity index (χ4n) is 2.35. The Balaban J connectivity index is 2.08. The maximum absolute atomic E-state index is 13.6. The highest BCUT2D eigenvalue weighted by Gasteiger charge is 2.47. The zero-order valence-corrected chi connectivity index (χ0v) is 11.0. The molecule has 0 bridgehead atoms. The fourth-order valence-corrected chi connectivity index (χ4v) is 2.35. The highest BCUT2D eigenvalue weighted by atomic mass is 19.1. The number of halogens is 2. The molecule has 4 nitrogen and oxygen atoms in total. The lowest BCUT2D eigenvalue weighted by Gasteiger charge is -2.18. The lowest BCUT2D eigenvalue weighted by molar-refractivity contribution is -0.144. The van der Waals surface area contributed by atoms with Crippen LogP contribution in [0.2, 0.25) is 0 Å². The van der Waals surface area contributed by atoms with Gasteiger partial charge in [-0.1, -0.05) is 0 Å². The molecule has 1 aromatic rings. The van der Waals surface area contributed by atoms with Crippen molar-refractivity contribution in [3.8, 4) is 0 Å². The van der Waals surface area contributed by atoms with E-state index >= 15 is 0 Å². The van der Waals surface area contributed by atoms with E-state index in [1.807, 2.05) is 0 Å². The number of hydrogen-bond acceptors (Lipinski definition) is 2. The number of aliphatic carboxylic acids is 1. The molecule has 1 N–H and O–H groups in total. The van der Waals surface area contributed by atoms with E-state index in [-0.39, 0.29) is 30.5 Å². The van der Waals surface area contributed by atoms with Crippen LogP contribution in [-0.2, 0) is 9.59 Å². The molecule has 6 heteroatoms. The van der Waals surface area contributed by atoms with Gasteiger partial charge < -0.3 is 10.0 Å². The summed E-state index contributed by atoms with van der Waals surface area (Å²) in [5.74, 6) is -3.30. The molecular weight excluding hydrogens is 268 g/mol. The number of likely N-dealkylation sites (N-methyl/N-ethyl adjacent to an activating group) is 1. The molecule has 0 spiro atoms. The van der Waals surface area contributed by atoms with E-state index < -0.39 is 23.5 Å². The van der Waals surface area contributed by atoms with E-state index in [1.54, 1.807) is 6.92 Å². The van der Waals surface area contributed by atoms with E-state index in [9.17, 15) is 18.4 Å². The number of carbonyl (C=O) groups is 2. The Morgan fingerprint density at radius 3 is 2.70 bits per heavy atom. The predicted molar refractivity (Wildman–Crippen MR) is 67.1 cm³/mol. The Hall–Kier alpha value is -1.98. The molecule has 1 aliphatic carbocycles. The monoisotopic (exact) mass is 283 g/mol. The third-order valence-electron chi connectivity index (χ3n) is 3.48. The quantitative estimate of drug-likeness (QED) is 0.899. The van der Waals surface area contributed by atoms with Crippen molar-refractivity contribution in [3.63, 3.8) is 0 Å². The maximum atomic E-state index is 13.6. The molecule has 0 radical (unpaired) electrons. The van der Waals surface area contributed by atoms with Crippen molar-refractivity contribution in [1.29, 1.82) is 0 Å². The minimum Gasteiger partial charge on any atom is -0.480 e. The van der Waals surface area contributed by atoms with Crippen LogP contribution in [0.5, 0.6) is 0 Å². The molecule has 2 unspecified atom stereocenters. The second-order valence-electron chi connectivity index (χ2n) is 4.86. The average Bonchev–Trinajstić information content (AvgIpc) is 3.18. The minimum atomic E-state index is -1.09. The van der Waals surface area contributed by atoms with Crippen molar-refractivity contribution in [1.82, 2.24) is 4.90 Å². The van der Waals surface area contributed by atoms with Crippen LogP contribution < -0.4 is 0 Å². The first-order valence-corrected chi connectivity index (χ1v) is 6.39. The van der Waals surface area contributed by atoms with Crippen molar-refractivity contribution in [2.75, 3.05) is 13.1 Å². The van der Waals surface area contributed by atoms with Crippen molar-refractivity contribution >= 4 is 11.9 Å². The summed E-state index contributed by atoms with van der Waals surface area (Å²) >= 11 is 0. The van der Waals surface area contributed by atoms with Gasteiger partial charge in [-0.2, -0.15) is 0 Å². The van der Waals surface area contributed by atoms with Gasteiger partial charge >= 0.3 is 5.97 Å². The summed E-state index contributed by atoms with van der Waals surface area (Å²) in [4.78, 5) is 24.0. The second-order valence-corrected chi connectivity index (χ2v) is 4.86. The SMILES string of the molecule is CCN(CC(=O)O)C(=O)C1CC1c1cc(F)ccc1F. The summed E-state index contributed by atoms with van der Waals surface area (Å²) < 4.78 is 26.7. The van der Waals surface area contributed by atoms with Gasteiger partial charge in [-0.05, 0) is 43.0 Å². The molecular formula is C14H15F2NO3. The number of nitrogens with zero attached hydrogens (tertiary/aromatic N) is 1. The molecule has 0 saturated heterocycles. The van der Waals surface area contributed by atoms with Crippen LogP contribution >= 0.6 is 0 Å². The second kappa shape index (κ2) is 5.56. The number of benzene rings is 1. The Bertz CT molecular complexity index is 547. The van der Waals surface area contributed by atoms with Crippen molar-refractivity contribution in [2.45, 2.75) is 19.3 Å². The zero-order chi connectivity index (χ0) is 14.9. The number of carbonyl (C=O) groups excluding carboxylic acids is 1. The number of hydrogen-bond donors (Lipinski definition) is 1. The van der Waals surface area contributed by atoms with Crippen LogP contribution in [0.15, 0.2) is 18.2 Å². The molecule has 2 atom stereocenters. The van der Waals surface area contributed by atoms with E-state index in [1.165, 1.54) is 4.90 Å². The number of rotatable bonds is 5. The van der Waals surface area contributed by atoms with Gasteiger partial charge in [0.05, 0.1) is 0 Å². The highest BCUT2D eigenvalue weighted by molar-refractivity contribution is 5.86. The summed E-state index contributed by atoms with van der Waals surface area (Å²) in [6, 6.07) is 3.17. The normalized spacial score (nSPS) is 20.6. The summed E-state index contributed by atoms with van der Waals surface area (Å²) in [6.45, 7) is 1.59. The van der Waals surface area contributed by atoms with E-state index in [0.717, 1.165) is 18.2 Å². The molecule has 2 rings (SSSR count). The van der Waals surface area contributed by atoms with E-state index in [2.05, 4.69) is 0 Å². The van der Waals surface area contributed by atoms with Gasteiger partial charge in [-0.15, -0.1) is 0 Å². The molecule has 20 heavy (non-hydrogen) atoms. The average molecular weight is 283 g/mol. The van der Waals surface area contributed by atoms with Crippen LogP contribution in [0.4, 0.5) is 8.78 Å². The van der Waals surface area contributed by atoms with Gasteiger partial charge in [0.25, 0.3) is 0 Å². The predicted octanol–water partition coefficient (Wildman–Crippen LogP) is 2.00. The van der Waals surface area contributed by atoms with E-state index in [4.69, 9.17) is 5.11 Å². The highest BCUT2D eigenvalue weighted by Crippen LogP contribution is 2.49. The fraction of sp³-hybridized carbons (Fsp3) is 0.429. The number of carboxylic acids is 1. The molecule has 1 saturated carbocycles. The summed E-state index contributed by atoms with van der Waals surface area (Å²) in [5.41, 5.74) is 0.190. The molecule has 1 amide bonds. The first-order chi connectivity index (χ1) is 9.43. The first-order valence-electron chi connectivity index (χ1n) is 6.39. The van der Waals surface area contributed by atoms with Crippen LogP contribution in [-0.4, -0.2) is 35.0 Å². The third-order valence-corrected chi connectivity index (χ3v) is 3.48. The van der Waals surface area contributed by atoms with Crippen molar-refractivity contribution in [3.05, 3.63) is 35.4 Å². The minimum absolute atomic E-state index is 0.190. The van der Waals surface area contributed by atoms with Crippen LogP contribution in [0.1, 0.15) is 24.8 Å². The van der Waals surface area contributed by atoms with Gasteiger partial charge in [-0.3, -0.25) is 9.59 Å². The molecule has 1 aliphatic rings. The Kier molecular flexibility index (Phi) is 4.01. The first kappa shape index (κ1) is 14.4. The topological polar surface area (TPSA) is 57.6 Å². The van der Waals surface area contributed by atoms with E-state index in [0.29, 0.717) is 6.42 Å². The van der Waals surface area contributed by atoms with Crippen LogP contribution in [0.25, 0.3) is 0 Å². The van der Waals surface area contributed by atoms with Crippen molar-refractivity contribution in [2.24, 2.45) is 5.92 Å². The van der Waals surface area contributed by atoms with Gasteiger partial charge in [0.2, 0.25) is 5.91 Å². The molecule has 0 heterocycles. The largest absolute Gasteiger partial charge is 0.480 e. The molecule has 1 aromatic carbocycles. The third kappa shape index (κ3) is 2.95. The maximum Gasteiger partial charge on any atom is 0.323 e. The summed E-state index contributed by atoms with van der Waals surface area (Å²) in [7, 11) is 0. The molecule has 108 valence electrons. The lowest BCUT2D eigenvalue weighted by atomic mass is 10.1. The smallest absolute Gasteiger partial charge is 0.323 e. The molecule has 1 fully saturated rings.